The number of fused-ring (bicyclic) bond motifs is 2. The summed E-state index contributed by atoms with van der Waals surface area (Å²) in [6.07, 6.45) is 3.29. The molecular weight excluding hydrogens is 429 g/mol. The molecule has 32 heavy (non-hydrogen) atoms. The van der Waals surface area contributed by atoms with Gasteiger partial charge in [0.2, 0.25) is 0 Å². The Kier molecular flexibility index (Phi) is 4.97. The van der Waals surface area contributed by atoms with Crippen LogP contribution >= 0.6 is 11.3 Å². The van der Waals surface area contributed by atoms with Gasteiger partial charge in [-0.25, -0.2) is 9.18 Å². The lowest BCUT2D eigenvalue weighted by molar-refractivity contribution is 0.510. The topological polar surface area (TPSA) is 85.6 Å². The number of aromatic nitrogens is 5. The van der Waals surface area contributed by atoms with Gasteiger partial charge in [-0.3, -0.25) is 24.0 Å². The van der Waals surface area contributed by atoms with Crippen LogP contribution in [0.2, 0.25) is 0 Å². The zero-order chi connectivity index (χ0) is 22.4. The van der Waals surface area contributed by atoms with Crippen LogP contribution < -0.4 is 11.2 Å². The maximum atomic E-state index is 13.9. The van der Waals surface area contributed by atoms with Gasteiger partial charge in [0.1, 0.15) is 11.2 Å². The van der Waals surface area contributed by atoms with E-state index in [1.807, 2.05) is 19.2 Å². The molecule has 1 aromatic carbocycles. The Bertz CT molecular complexity index is 1560. The number of H-pyrrole nitrogens is 1. The molecule has 0 bridgehead atoms. The van der Waals surface area contributed by atoms with Gasteiger partial charge in [0.15, 0.2) is 5.65 Å². The van der Waals surface area contributed by atoms with Crippen molar-refractivity contribution in [3.8, 4) is 11.3 Å². The Hall–Kier alpha value is -3.59. The molecule has 4 aromatic heterocycles. The second-order valence-electron chi connectivity index (χ2n) is 8.11. The maximum Gasteiger partial charge on any atom is 0.330 e. The summed E-state index contributed by atoms with van der Waals surface area (Å²) in [7, 11) is 0. The highest BCUT2D eigenvalue weighted by Crippen LogP contribution is 2.31. The first kappa shape index (κ1) is 20.3. The van der Waals surface area contributed by atoms with Crippen LogP contribution in [0.25, 0.3) is 32.4 Å². The van der Waals surface area contributed by atoms with Crippen molar-refractivity contribution in [1.29, 1.82) is 0 Å². The Morgan fingerprint density at radius 2 is 1.94 bits per heavy atom. The Labute approximate surface area is 185 Å². The van der Waals surface area contributed by atoms with Crippen molar-refractivity contribution in [3.63, 3.8) is 0 Å². The average Bonchev–Trinajstić information content (AvgIpc) is 3.33. The summed E-state index contributed by atoms with van der Waals surface area (Å²) in [5.74, 6) is -0.125. The Balaban J connectivity index is 1.79. The first-order valence-corrected chi connectivity index (χ1v) is 11.1. The minimum Gasteiger partial charge on any atom is -0.276 e. The molecule has 0 aliphatic rings. The molecule has 0 atom stereocenters. The zero-order valence-electron chi connectivity index (χ0n) is 17.5. The third kappa shape index (κ3) is 3.44. The first-order chi connectivity index (χ1) is 15.4. The molecule has 0 radical (unpaired) electrons. The molecule has 0 aliphatic carbocycles. The highest BCUT2D eigenvalue weighted by Gasteiger charge is 2.21. The fourth-order valence-electron chi connectivity index (χ4n) is 3.96. The molecule has 162 valence electrons. The summed E-state index contributed by atoms with van der Waals surface area (Å²) in [6, 6.07) is 8.31. The van der Waals surface area contributed by atoms with Crippen LogP contribution in [0.4, 0.5) is 4.39 Å². The number of aromatic amines is 1. The molecule has 7 nitrogen and oxygen atoms in total. The van der Waals surface area contributed by atoms with Gasteiger partial charge in [-0.05, 0) is 47.2 Å². The van der Waals surface area contributed by atoms with E-state index in [9.17, 15) is 14.0 Å². The lowest BCUT2D eigenvalue weighted by Crippen LogP contribution is -2.31. The van der Waals surface area contributed by atoms with Crippen LogP contribution in [-0.4, -0.2) is 24.3 Å². The quantitative estimate of drug-likeness (QED) is 0.439. The number of pyridine rings is 1. The number of thiophene rings is 1. The van der Waals surface area contributed by atoms with Crippen molar-refractivity contribution in [2.45, 2.75) is 26.9 Å². The highest BCUT2D eigenvalue weighted by molar-refractivity contribution is 7.17. The lowest BCUT2D eigenvalue weighted by Gasteiger charge is -2.08. The van der Waals surface area contributed by atoms with E-state index in [1.165, 1.54) is 28.0 Å². The van der Waals surface area contributed by atoms with Crippen LogP contribution in [-0.2, 0) is 13.1 Å². The molecule has 0 aliphatic heterocycles. The van der Waals surface area contributed by atoms with Gasteiger partial charge < -0.3 is 0 Å². The van der Waals surface area contributed by atoms with Crippen LogP contribution in [0.1, 0.15) is 19.4 Å². The number of nitrogens with zero attached hydrogens (tertiary/aromatic N) is 4. The SMILES string of the molecule is CC(C)Cn1c(=O)[nH]c(=O)c2c(-c3ccncc3)n(Cc3csc4ccc(F)cc34)nc21. The zero-order valence-corrected chi connectivity index (χ0v) is 18.3. The van der Waals surface area contributed by atoms with Gasteiger partial charge in [-0.15, -0.1) is 11.3 Å². The Morgan fingerprint density at radius 3 is 2.69 bits per heavy atom. The molecule has 5 rings (SSSR count). The highest BCUT2D eigenvalue weighted by atomic mass is 32.1. The van der Waals surface area contributed by atoms with Crippen molar-refractivity contribution in [2.24, 2.45) is 5.92 Å². The number of nitrogens with one attached hydrogen (secondary N) is 1. The fraction of sp³-hybridized carbons (Fsp3) is 0.217. The predicted octanol–water partition coefficient (Wildman–Crippen LogP) is 4.01. The summed E-state index contributed by atoms with van der Waals surface area (Å²) in [5.41, 5.74) is 1.62. The van der Waals surface area contributed by atoms with E-state index < -0.39 is 11.2 Å². The minimum atomic E-state index is -0.482. The van der Waals surface area contributed by atoms with Crippen LogP contribution in [0, 0.1) is 11.7 Å². The Morgan fingerprint density at radius 1 is 1.16 bits per heavy atom. The molecule has 0 fully saturated rings. The maximum absolute atomic E-state index is 13.9. The summed E-state index contributed by atoms with van der Waals surface area (Å²) < 4.78 is 18.1. The number of rotatable bonds is 5. The van der Waals surface area contributed by atoms with E-state index in [-0.39, 0.29) is 11.7 Å². The van der Waals surface area contributed by atoms with Crippen molar-refractivity contribution in [1.82, 2.24) is 24.3 Å². The molecule has 5 aromatic rings. The smallest absolute Gasteiger partial charge is 0.276 e. The van der Waals surface area contributed by atoms with Gasteiger partial charge in [-0.1, -0.05) is 13.8 Å². The monoisotopic (exact) mass is 449 g/mol. The van der Waals surface area contributed by atoms with E-state index in [0.29, 0.717) is 29.8 Å². The summed E-state index contributed by atoms with van der Waals surface area (Å²) in [4.78, 5) is 32.0. The summed E-state index contributed by atoms with van der Waals surface area (Å²) in [5, 5.41) is 7.85. The van der Waals surface area contributed by atoms with Crippen LogP contribution in [0.3, 0.4) is 0 Å². The lowest BCUT2D eigenvalue weighted by atomic mass is 10.1. The largest absolute Gasteiger partial charge is 0.330 e. The number of hydrogen-bond acceptors (Lipinski definition) is 5. The van der Waals surface area contributed by atoms with Crippen molar-refractivity contribution < 1.29 is 4.39 Å². The summed E-state index contributed by atoms with van der Waals surface area (Å²) >= 11 is 1.53. The predicted molar refractivity (Wildman–Crippen MR) is 124 cm³/mol. The molecule has 0 spiro atoms. The molecule has 1 N–H and O–H groups in total. The second kappa shape index (κ2) is 7.83. The first-order valence-electron chi connectivity index (χ1n) is 10.2. The molecule has 0 amide bonds. The number of benzene rings is 1. The number of hydrogen-bond donors (Lipinski definition) is 1. The van der Waals surface area contributed by atoms with Gasteiger partial charge in [-0.2, -0.15) is 5.10 Å². The normalized spacial score (nSPS) is 11.8. The fourth-order valence-corrected chi connectivity index (χ4v) is 4.89. The number of halogens is 1. The van der Waals surface area contributed by atoms with Gasteiger partial charge in [0, 0.05) is 34.6 Å². The van der Waals surface area contributed by atoms with E-state index in [2.05, 4.69) is 9.97 Å². The van der Waals surface area contributed by atoms with E-state index in [0.717, 1.165) is 21.2 Å². The molecule has 4 heterocycles. The molecule has 0 saturated carbocycles. The van der Waals surface area contributed by atoms with E-state index in [1.54, 1.807) is 35.3 Å². The molecule has 9 heteroatoms. The molecular formula is C23H20FN5O2S. The van der Waals surface area contributed by atoms with Gasteiger partial charge in [0.05, 0.1) is 12.2 Å². The van der Waals surface area contributed by atoms with Gasteiger partial charge in [0.25, 0.3) is 5.56 Å². The van der Waals surface area contributed by atoms with E-state index in [4.69, 9.17) is 5.10 Å². The van der Waals surface area contributed by atoms with Crippen LogP contribution in [0.15, 0.2) is 57.7 Å². The van der Waals surface area contributed by atoms with Crippen molar-refractivity contribution in [2.75, 3.05) is 0 Å². The third-order valence-electron chi connectivity index (χ3n) is 5.32. The minimum absolute atomic E-state index is 0.181. The molecule has 0 unspecified atom stereocenters. The van der Waals surface area contributed by atoms with E-state index >= 15 is 0 Å². The standard InChI is InChI=1S/C23H20FN5O2S/c1-13(2)10-28-21-19(22(30)26-23(28)31)20(14-5-7-25-8-6-14)29(27-21)11-15-12-32-18-4-3-16(24)9-17(15)18/h3-9,12-13H,10-11H2,1-2H3,(H,26,30,31). The third-order valence-corrected chi connectivity index (χ3v) is 6.33. The van der Waals surface area contributed by atoms with Crippen LogP contribution in [0.5, 0.6) is 0 Å². The van der Waals surface area contributed by atoms with Crippen molar-refractivity contribution >= 4 is 32.5 Å². The average molecular weight is 450 g/mol. The summed E-state index contributed by atoms with van der Waals surface area (Å²) in [6.45, 7) is 4.74. The molecule has 0 saturated heterocycles. The second-order valence-corrected chi connectivity index (χ2v) is 9.02. The van der Waals surface area contributed by atoms with Crippen molar-refractivity contribution in [3.05, 3.63) is 80.3 Å². The van der Waals surface area contributed by atoms with Gasteiger partial charge >= 0.3 is 5.69 Å².